The van der Waals surface area contributed by atoms with Gasteiger partial charge in [-0.15, -0.1) is 12.4 Å². The van der Waals surface area contributed by atoms with Gasteiger partial charge in [-0.25, -0.2) is 0 Å². The van der Waals surface area contributed by atoms with E-state index in [1.807, 2.05) is 6.92 Å². The molecular formula is C12H24ClN3O. The van der Waals surface area contributed by atoms with E-state index in [1.165, 1.54) is 25.7 Å². The van der Waals surface area contributed by atoms with Crippen molar-refractivity contribution in [2.24, 2.45) is 0 Å². The predicted octanol–water partition coefficient (Wildman–Crippen LogP) is 0.759. The third kappa shape index (κ3) is 3.83. The highest BCUT2D eigenvalue weighted by Gasteiger charge is 2.35. The first-order valence-electron chi connectivity index (χ1n) is 6.42. The molecule has 100 valence electrons. The number of hydrogen-bond donors (Lipinski definition) is 2. The second-order valence-corrected chi connectivity index (χ2v) is 5.13. The average Bonchev–Trinajstić information content (AvgIpc) is 2.58. The number of carbonyl (C=O) groups excluding carboxylic acids is 1. The number of nitrogens with one attached hydrogen (secondary N) is 2. The van der Waals surface area contributed by atoms with Crippen molar-refractivity contribution in [2.75, 3.05) is 20.1 Å². The van der Waals surface area contributed by atoms with Crippen LogP contribution < -0.4 is 10.6 Å². The Bertz CT molecular complexity index is 250. The molecule has 0 spiro atoms. The molecular weight excluding hydrogens is 238 g/mol. The molecule has 0 saturated carbocycles. The van der Waals surface area contributed by atoms with Gasteiger partial charge in [0.25, 0.3) is 0 Å². The largest absolute Gasteiger partial charge is 0.355 e. The molecule has 17 heavy (non-hydrogen) atoms. The number of amides is 1. The maximum Gasteiger partial charge on any atom is 0.234 e. The van der Waals surface area contributed by atoms with Gasteiger partial charge in [-0.3, -0.25) is 9.69 Å². The average molecular weight is 262 g/mol. The van der Waals surface area contributed by atoms with Gasteiger partial charge in [-0.2, -0.15) is 0 Å². The van der Waals surface area contributed by atoms with E-state index >= 15 is 0 Å². The predicted molar refractivity (Wildman–Crippen MR) is 71.5 cm³/mol. The zero-order chi connectivity index (χ0) is 11.5. The quantitative estimate of drug-likeness (QED) is 0.785. The van der Waals surface area contributed by atoms with E-state index in [0.29, 0.717) is 24.7 Å². The van der Waals surface area contributed by atoms with Crippen molar-refractivity contribution < 1.29 is 4.79 Å². The van der Waals surface area contributed by atoms with E-state index in [4.69, 9.17) is 0 Å². The molecule has 0 radical (unpaired) electrons. The van der Waals surface area contributed by atoms with Crippen LogP contribution in [0.4, 0.5) is 0 Å². The Morgan fingerprint density at radius 2 is 1.94 bits per heavy atom. The Labute approximate surface area is 110 Å². The van der Waals surface area contributed by atoms with Crippen molar-refractivity contribution >= 4 is 18.3 Å². The monoisotopic (exact) mass is 261 g/mol. The van der Waals surface area contributed by atoms with Crippen LogP contribution in [0.2, 0.25) is 0 Å². The number of carbonyl (C=O) groups is 1. The van der Waals surface area contributed by atoms with Crippen LogP contribution in [0.3, 0.4) is 0 Å². The summed E-state index contributed by atoms with van der Waals surface area (Å²) in [6.07, 6.45) is 5.03. The van der Waals surface area contributed by atoms with Crippen molar-refractivity contribution in [3.05, 3.63) is 0 Å². The highest BCUT2D eigenvalue weighted by molar-refractivity contribution is 5.85. The fraction of sp³-hybridized carbons (Fsp3) is 0.917. The summed E-state index contributed by atoms with van der Waals surface area (Å²) >= 11 is 0. The standard InChI is InChI=1S/C12H23N3O.ClH/c1-3-13-12(16)8-15(2)11-6-9-4-5-10(7-11)14-9;/h9-11,14H,3-8H2,1-2H3,(H,13,16);1H. The molecule has 0 aromatic heterocycles. The molecule has 2 aliphatic heterocycles. The van der Waals surface area contributed by atoms with Crippen LogP contribution in [0.25, 0.3) is 0 Å². The van der Waals surface area contributed by atoms with Gasteiger partial charge in [0.05, 0.1) is 6.54 Å². The summed E-state index contributed by atoms with van der Waals surface area (Å²) < 4.78 is 0. The first-order valence-corrected chi connectivity index (χ1v) is 6.42. The molecule has 2 N–H and O–H groups in total. The maximum atomic E-state index is 11.5. The molecule has 4 nitrogen and oxygen atoms in total. The van der Waals surface area contributed by atoms with Gasteiger partial charge in [-0.05, 0) is 39.7 Å². The van der Waals surface area contributed by atoms with Crippen LogP contribution >= 0.6 is 12.4 Å². The highest BCUT2D eigenvalue weighted by Crippen LogP contribution is 2.28. The van der Waals surface area contributed by atoms with Crippen LogP contribution in [-0.2, 0) is 4.79 Å². The Morgan fingerprint density at radius 1 is 1.35 bits per heavy atom. The molecule has 2 heterocycles. The SMILES string of the molecule is CCNC(=O)CN(C)C1CC2CCC(C1)N2.Cl. The molecule has 5 heteroatoms. The van der Waals surface area contributed by atoms with E-state index in [9.17, 15) is 4.79 Å². The Kier molecular flexibility index (Phi) is 5.70. The van der Waals surface area contributed by atoms with Gasteiger partial charge in [0.15, 0.2) is 0 Å². The molecule has 2 saturated heterocycles. The summed E-state index contributed by atoms with van der Waals surface area (Å²) in [4.78, 5) is 13.7. The minimum absolute atomic E-state index is 0. The number of nitrogens with zero attached hydrogens (tertiary/aromatic N) is 1. The summed E-state index contributed by atoms with van der Waals surface area (Å²) in [5.41, 5.74) is 0. The van der Waals surface area contributed by atoms with Crippen molar-refractivity contribution in [3.63, 3.8) is 0 Å². The van der Waals surface area contributed by atoms with E-state index in [1.54, 1.807) is 0 Å². The molecule has 2 rings (SSSR count). The van der Waals surface area contributed by atoms with Crippen molar-refractivity contribution in [3.8, 4) is 0 Å². The summed E-state index contributed by atoms with van der Waals surface area (Å²) in [6.45, 7) is 3.23. The second-order valence-electron chi connectivity index (χ2n) is 5.13. The zero-order valence-corrected chi connectivity index (χ0v) is 11.6. The molecule has 1 amide bonds. The Balaban J connectivity index is 0.00000144. The Hall–Kier alpha value is -0.320. The van der Waals surface area contributed by atoms with Crippen LogP contribution in [0.1, 0.15) is 32.6 Å². The number of likely N-dealkylation sites (N-methyl/N-ethyl adjacent to an activating group) is 2. The molecule has 2 atom stereocenters. The molecule has 0 aromatic rings. The van der Waals surface area contributed by atoms with Crippen molar-refractivity contribution in [2.45, 2.75) is 50.7 Å². The van der Waals surface area contributed by atoms with Crippen LogP contribution in [0, 0.1) is 0 Å². The minimum atomic E-state index is 0. The molecule has 2 fully saturated rings. The first kappa shape index (κ1) is 14.7. The fourth-order valence-corrected chi connectivity index (χ4v) is 3.00. The summed E-state index contributed by atoms with van der Waals surface area (Å²) in [5, 5.41) is 6.48. The fourth-order valence-electron chi connectivity index (χ4n) is 3.00. The smallest absolute Gasteiger partial charge is 0.234 e. The van der Waals surface area contributed by atoms with Crippen LogP contribution in [-0.4, -0.2) is 49.1 Å². The molecule has 2 aliphatic rings. The van der Waals surface area contributed by atoms with Gasteiger partial charge in [0.1, 0.15) is 0 Å². The summed E-state index contributed by atoms with van der Waals surface area (Å²) in [6, 6.07) is 1.97. The van der Waals surface area contributed by atoms with E-state index in [2.05, 4.69) is 22.6 Å². The van der Waals surface area contributed by atoms with Crippen LogP contribution in [0.5, 0.6) is 0 Å². The molecule has 2 unspecified atom stereocenters. The number of halogens is 1. The maximum absolute atomic E-state index is 11.5. The van der Waals surface area contributed by atoms with E-state index < -0.39 is 0 Å². The Morgan fingerprint density at radius 3 is 2.47 bits per heavy atom. The minimum Gasteiger partial charge on any atom is -0.355 e. The number of piperidine rings is 1. The van der Waals surface area contributed by atoms with Gasteiger partial charge in [0.2, 0.25) is 5.91 Å². The summed E-state index contributed by atoms with van der Waals surface area (Å²) in [7, 11) is 2.07. The van der Waals surface area contributed by atoms with Gasteiger partial charge in [-0.1, -0.05) is 0 Å². The third-order valence-electron chi connectivity index (χ3n) is 3.84. The van der Waals surface area contributed by atoms with Gasteiger partial charge >= 0.3 is 0 Å². The third-order valence-corrected chi connectivity index (χ3v) is 3.84. The van der Waals surface area contributed by atoms with E-state index in [-0.39, 0.29) is 18.3 Å². The first-order chi connectivity index (χ1) is 7.69. The van der Waals surface area contributed by atoms with Gasteiger partial charge in [0, 0.05) is 24.7 Å². The summed E-state index contributed by atoms with van der Waals surface area (Å²) in [5.74, 6) is 0.149. The lowest BCUT2D eigenvalue weighted by atomic mass is 9.98. The highest BCUT2D eigenvalue weighted by atomic mass is 35.5. The van der Waals surface area contributed by atoms with Crippen LogP contribution in [0.15, 0.2) is 0 Å². The molecule has 2 bridgehead atoms. The normalized spacial score (nSPS) is 31.1. The van der Waals surface area contributed by atoms with E-state index in [0.717, 1.165) is 6.54 Å². The van der Waals surface area contributed by atoms with Crippen molar-refractivity contribution in [1.82, 2.24) is 15.5 Å². The number of rotatable bonds is 4. The lowest BCUT2D eigenvalue weighted by Crippen LogP contribution is -2.49. The van der Waals surface area contributed by atoms with Crippen molar-refractivity contribution in [1.29, 1.82) is 0 Å². The lowest BCUT2D eigenvalue weighted by molar-refractivity contribution is -0.122. The number of fused-ring (bicyclic) bond motifs is 2. The zero-order valence-electron chi connectivity index (χ0n) is 10.7. The lowest BCUT2D eigenvalue weighted by Gasteiger charge is -2.35. The number of hydrogen-bond acceptors (Lipinski definition) is 3. The molecule has 0 aliphatic carbocycles. The molecule has 0 aromatic carbocycles. The second kappa shape index (κ2) is 6.57. The van der Waals surface area contributed by atoms with Gasteiger partial charge < -0.3 is 10.6 Å². The topological polar surface area (TPSA) is 44.4 Å².